The monoisotopic (exact) mass is 204 g/mol. The number of hydrogen-bond acceptors (Lipinski definition) is 2. The maximum Gasteiger partial charge on any atom is 0.0607 e. The standard InChI is InChI=1S/C13H20N2/c1-4-14-9-10-15(11(2)3)13-8-6-5-7-12(13)14/h5-8,11H,4,9-10H2,1-3H3. The topological polar surface area (TPSA) is 6.48 Å². The first-order valence-corrected chi connectivity index (χ1v) is 5.84. The molecule has 1 aliphatic heterocycles. The van der Waals surface area contributed by atoms with Gasteiger partial charge in [-0.3, -0.25) is 0 Å². The van der Waals surface area contributed by atoms with E-state index in [2.05, 4.69) is 54.8 Å². The van der Waals surface area contributed by atoms with E-state index in [4.69, 9.17) is 0 Å². The molecule has 0 fully saturated rings. The molecule has 0 unspecified atom stereocenters. The molecule has 1 aliphatic rings. The molecule has 2 nitrogen and oxygen atoms in total. The van der Waals surface area contributed by atoms with Crippen LogP contribution in [0.4, 0.5) is 11.4 Å². The molecule has 1 aromatic carbocycles. The van der Waals surface area contributed by atoms with Crippen LogP contribution < -0.4 is 9.80 Å². The first-order valence-electron chi connectivity index (χ1n) is 5.84. The molecular weight excluding hydrogens is 184 g/mol. The van der Waals surface area contributed by atoms with Crippen molar-refractivity contribution in [2.75, 3.05) is 29.4 Å². The first-order chi connectivity index (χ1) is 7.24. The molecule has 82 valence electrons. The molecule has 0 radical (unpaired) electrons. The average molecular weight is 204 g/mol. The molecule has 0 saturated carbocycles. The molecule has 0 saturated heterocycles. The summed E-state index contributed by atoms with van der Waals surface area (Å²) in [5, 5.41) is 0. The van der Waals surface area contributed by atoms with Crippen LogP contribution in [0.15, 0.2) is 24.3 Å². The van der Waals surface area contributed by atoms with E-state index in [0.717, 1.165) is 19.6 Å². The smallest absolute Gasteiger partial charge is 0.0607 e. The minimum Gasteiger partial charge on any atom is -0.368 e. The SMILES string of the molecule is CCN1CCN(C(C)C)c2ccccc21. The van der Waals surface area contributed by atoms with Gasteiger partial charge in [0.1, 0.15) is 0 Å². The van der Waals surface area contributed by atoms with Crippen LogP contribution in [0.1, 0.15) is 20.8 Å². The Morgan fingerprint density at radius 3 is 2.40 bits per heavy atom. The third kappa shape index (κ3) is 1.81. The van der Waals surface area contributed by atoms with Gasteiger partial charge in [0.15, 0.2) is 0 Å². The van der Waals surface area contributed by atoms with Crippen molar-refractivity contribution in [3.8, 4) is 0 Å². The van der Waals surface area contributed by atoms with Gasteiger partial charge in [-0.25, -0.2) is 0 Å². The van der Waals surface area contributed by atoms with Crippen LogP contribution in [0, 0.1) is 0 Å². The van der Waals surface area contributed by atoms with E-state index < -0.39 is 0 Å². The highest BCUT2D eigenvalue weighted by molar-refractivity contribution is 5.73. The lowest BCUT2D eigenvalue weighted by Gasteiger charge is -2.40. The fourth-order valence-electron chi connectivity index (χ4n) is 2.31. The molecule has 0 N–H and O–H groups in total. The molecule has 15 heavy (non-hydrogen) atoms. The third-order valence-corrected chi connectivity index (χ3v) is 3.15. The van der Waals surface area contributed by atoms with E-state index >= 15 is 0 Å². The number of para-hydroxylation sites is 2. The summed E-state index contributed by atoms with van der Waals surface area (Å²) >= 11 is 0. The number of rotatable bonds is 2. The van der Waals surface area contributed by atoms with Crippen molar-refractivity contribution < 1.29 is 0 Å². The minimum atomic E-state index is 0.588. The number of fused-ring (bicyclic) bond motifs is 1. The Hall–Kier alpha value is -1.18. The van der Waals surface area contributed by atoms with Crippen molar-refractivity contribution in [3.05, 3.63) is 24.3 Å². The molecule has 1 aromatic rings. The van der Waals surface area contributed by atoms with Gasteiger partial charge >= 0.3 is 0 Å². The van der Waals surface area contributed by atoms with Gasteiger partial charge in [0.25, 0.3) is 0 Å². The van der Waals surface area contributed by atoms with E-state index in [9.17, 15) is 0 Å². The molecule has 0 atom stereocenters. The lowest BCUT2D eigenvalue weighted by Crippen LogP contribution is -2.44. The van der Waals surface area contributed by atoms with Crippen molar-refractivity contribution >= 4 is 11.4 Å². The van der Waals surface area contributed by atoms with Crippen LogP contribution in [0.2, 0.25) is 0 Å². The van der Waals surface area contributed by atoms with Gasteiger partial charge in [0.05, 0.1) is 11.4 Å². The summed E-state index contributed by atoms with van der Waals surface area (Å²) in [6.45, 7) is 10.1. The van der Waals surface area contributed by atoms with Gasteiger partial charge in [-0.15, -0.1) is 0 Å². The molecule has 0 bridgehead atoms. The lowest BCUT2D eigenvalue weighted by atomic mass is 10.1. The highest BCUT2D eigenvalue weighted by Gasteiger charge is 2.22. The Kier molecular flexibility index (Phi) is 2.85. The van der Waals surface area contributed by atoms with Crippen molar-refractivity contribution in [1.82, 2.24) is 0 Å². The molecule has 2 rings (SSSR count). The number of nitrogens with zero attached hydrogens (tertiary/aromatic N) is 2. The van der Waals surface area contributed by atoms with Crippen molar-refractivity contribution in [1.29, 1.82) is 0 Å². The summed E-state index contributed by atoms with van der Waals surface area (Å²) in [6.07, 6.45) is 0. The zero-order valence-electron chi connectivity index (χ0n) is 9.90. The van der Waals surface area contributed by atoms with E-state index in [1.54, 1.807) is 0 Å². The number of benzene rings is 1. The Morgan fingerprint density at radius 1 is 1.13 bits per heavy atom. The van der Waals surface area contributed by atoms with Crippen LogP contribution in [-0.4, -0.2) is 25.7 Å². The Bertz CT molecular complexity index is 333. The van der Waals surface area contributed by atoms with E-state index in [1.165, 1.54) is 11.4 Å². The zero-order chi connectivity index (χ0) is 10.8. The summed E-state index contributed by atoms with van der Waals surface area (Å²) in [5.41, 5.74) is 2.78. The second kappa shape index (κ2) is 4.13. The molecule has 0 amide bonds. The van der Waals surface area contributed by atoms with Gasteiger partial charge in [0.2, 0.25) is 0 Å². The van der Waals surface area contributed by atoms with E-state index in [0.29, 0.717) is 6.04 Å². The predicted molar refractivity (Wildman–Crippen MR) is 66.8 cm³/mol. The molecule has 1 heterocycles. The molecule has 0 aromatic heterocycles. The Morgan fingerprint density at radius 2 is 1.80 bits per heavy atom. The first kappa shape index (κ1) is 10.3. The second-order valence-corrected chi connectivity index (χ2v) is 4.36. The number of hydrogen-bond donors (Lipinski definition) is 0. The van der Waals surface area contributed by atoms with Gasteiger partial charge in [0, 0.05) is 25.7 Å². The fraction of sp³-hybridized carbons (Fsp3) is 0.538. The summed E-state index contributed by atoms with van der Waals surface area (Å²) in [4.78, 5) is 4.94. The van der Waals surface area contributed by atoms with Crippen LogP contribution >= 0.6 is 0 Å². The van der Waals surface area contributed by atoms with Crippen molar-refractivity contribution in [3.63, 3.8) is 0 Å². The quantitative estimate of drug-likeness (QED) is 0.731. The minimum absolute atomic E-state index is 0.588. The fourth-order valence-corrected chi connectivity index (χ4v) is 2.31. The highest BCUT2D eigenvalue weighted by Crippen LogP contribution is 2.33. The summed E-state index contributed by atoms with van der Waals surface area (Å²) < 4.78 is 0. The van der Waals surface area contributed by atoms with E-state index in [-0.39, 0.29) is 0 Å². The lowest BCUT2D eigenvalue weighted by molar-refractivity contribution is 0.642. The largest absolute Gasteiger partial charge is 0.368 e. The maximum atomic E-state index is 2.49. The van der Waals surface area contributed by atoms with Crippen molar-refractivity contribution in [2.45, 2.75) is 26.8 Å². The number of anilines is 2. The van der Waals surface area contributed by atoms with Crippen molar-refractivity contribution in [2.24, 2.45) is 0 Å². The van der Waals surface area contributed by atoms with Crippen LogP contribution in [0.3, 0.4) is 0 Å². The highest BCUT2D eigenvalue weighted by atomic mass is 15.3. The maximum absolute atomic E-state index is 2.49. The molecular formula is C13H20N2. The third-order valence-electron chi connectivity index (χ3n) is 3.15. The number of likely N-dealkylation sites (N-methyl/N-ethyl adjacent to an activating group) is 1. The van der Waals surface area contributed by atoms with Gasteiger partial charge in [-0.2, -0.15) is 0 Å². The second-order valence-electron chi connectivity index (χ2n) is 4.36. The van der Waals surface area contributed by atoms with Crippen LogP contribution in [0.5, 0.6) is 0 Å². The zero-order valence-corrected chi connectivity index (χ0v) is 9.90. The average Bonchev–Trinajstić information content (AvgIpc) is 2.27. The van der Waals surface area contributed by atoms with Crippen LogP contribution in [0.25, 0.3) is 0 Å². The van der Waals surface area contributed by atoms with E-state index in [1.807, 2.05) is 0 Å². The molecule has 0 aliphatic carbocycles. The molecule has 0 spiro atoms. The molecule has 2 heteroatoms. The van der Waals surface area contributed by atoms with Gasteiger partial charge in [-0.1, -0.05) is 12.1 Å². The predicted octanol–water partition coefficient (Wildman–Crippen LogP) is 2.74. The Balaban J connectivity index is 2.39. The van der Waals surface area contributed by atoms with Gasteiger partial charge in [-0.05, 0) is 32.9 Å². The summed E-state index contributed by atoms with van der Waals surface area (Å²) in [6, 6.07) is 9.31. The normalized spacial score (nSPS) is 15.7. The van der Waals surface area contributed by atoms with Gasteiger partial charge < -0.3 is 9.80 Å². The summed E-state index contributed by atoms with van der Waals surface area (Å²) in [7, 11) is 0. The Labute approximate surface area is 92.5 Å². The van der Waals surface area contributed by atoms with Crippen LogP contribution in [-0.2, 0) is 0 Å². The summed E-state index contributed by atoms with van der Waals surface area (Å²) in [5.74, 6) is 0.